The number of anilines is 1. The van der Waals surface area contributed by atoms with E-state index >= 15 is 0 Å². The Morgan fingerprint density at radius 2 is 2.17 bits per heavy atom. The second kappa shape index (κ2) is 7.72. The second-order valence-corrected chi connectivity index (χ2v) is 7.94. The van der Waals surface area contributed by atoms with Crippen LogP contribution in [0.25, 0.3) is 0 Å². The van der Waals surface area contributed by atoms with Crippen LogP contribution in [0, 0.1) is 0 Å². The molecule has 0 spiro atoms. The van der Waals surface area contributed by atoms with E-state index in [4.69, 9.17) is 0 Å². The number of amides is 1. The summed E-state index contributed by atoms with van der Waals surface area (Å²) in [6.45, 7) is 5.26. The first-order valence-electron chi connectivity index (χ1n) is 8.04. The molecule has 1 aliphatic heterocycles. The number of hydrogen-bond acceptors (Lipinski definition) is 6. The highest BCUT2D eigenvalue weighted by Crippen LogP contribution is 2.22. The molecule has 1 unspecified atom stereocenters. The third-order valence-electron chi connectivity index (χ3n) is 3.99. The summed E-state index contributed by atoms with van der Waals surface area (Å²) in [5.41, 5.74) is 0.311. The Hall–Kier alpha value is -1.70. The molecule has 1 amide bonds. The third kappa shape index (κ3) is 4.63. The van der Waals surface area contributed by atoms with E-state index in [1.54, 1.807) is 6.07 Å². The predicted octanol–water partition coefficient (Wildman–Crippen LogP) is 1.02. The van der Waals surface area contributed by atoms with Gasteiger partial charge in [0.25, 0.3) is 5.91 Å². The summed E-state index contributed by atoms with van der Waals surface area (Å²) in [5, 5.41) is 2.82. The molecule has 0 aromatic carbocycles. The number of aromatic nitrogens is 2. The molecule has 1 aliphatic rings. The molecule has 2 heterocycles. The number of unbranched alkanes of at least 4 members (excludes halogenated alkanes) is 1. The van der Waals surface area contributed by atoms with E-state index in [0.29, 0.717) is 31.0 Å². The molecule has 8 heteroatoms. The zero-order valence-corrected chi connectivity index (χ0v) is 14.5. The first-order valence-corrected chi connectivity index (χ1v) is 9.86. The molecule has 1 aromatic heterocycles. The average molecular weight is 340 g/mol. The normalized spacial score (nSPS) is 19.5. The molecule has 23 heavy (non-hydrogen) atoms. The molecule has 1 fully saturated rings. The van der Waals surface area contributed by atoms with Crippen LogP contribution in [0.4, 0.5) is 5.82 Å². The lowest BCUT2D eigenvalue weighted by atomic mass is 10.2. The smallest absolute Gasteiger partial charge is 0.270 e. The molecule has 2 rings (SSSR count). The van der Waals surface area contributed by atoms with Crippen LogP contribution in [0.15, 0.2) is 12.4 Å². The van der Waals surface area contributed by atoms with Crippen LogP contribution in [-0.2, 0) is 9.84 Å². The van der Waals surface area contributed by atoms with E-state index in [9.17, 15) is 13.2 Å². The van der Waals surface area contributed by atoms with Crippen molar-refractivity contribution in [2.45, 2.75) is 39.2 Å². The summed E-state index contributed by atoms with van der Waals surface area (Å²) >= 11 is 0. The molecule has 1 aromatic rings. The number of sulfone groups is 1. The highest BCUT2D eigenvalue weighted by atomic mass is 32.2. The van der Waals surface area contributed by atoms with Crippen LogP contribution >= 0.6 is 0 Å². The quantitative estimate of drug-likeness (QED) is 0.745. The number of nitrogens with zero attached hydrogens (tertiary/aromatic N) is 3. The van der Waals surface area contributed by atoms with E-state index in [1.165, 1.54) is 6.33 Å². The first-order chi connectivity index (χ1) is 11.0. The van der Waals surface area contributed by atoms with Gasteiger partial charge in [0, 0.05) is 25.2 Å². The Morgan fingerprint density at radius 3 is 2.78 bits per heavy atom. The van der Waals surface area contributed by atoms with Crippen molar-refractivity contribution in [1.29, 1.82) is 0 Å². The van der Waals surface area contributed by atoms with Crippen LogP contribution in [0.2, 0.25) is 0 Å². The number of carbonyl (C=O) groups excluding carboxylic acids is 1. The molecule has 0 radical (unpaired) electrons. The van der Waals surface area contributed by atoms with Gasteiger partial charge in [-0.2, -0.15) is 0 Å². The molecule has 1 N–H and O–H groups in total. The highest BCUT2D eigenvalue weighted by Gasteiger charge is 2.32. The molecule has 0 saturated carbocycles. The number of nitrogens with one attached hydrogen (secondary N) is 1. The predicted molar refractivity (Wildman–Crippen MR) is 89.4 cm³/mol. The van der Waals surface area contributed by atoms with Crippen molar-refractivity contribution in [3.05, 3.63) is 18.1 Å². The zero-order chi connectivity index (χ0) is 16.9. The van der Waals surface area contributed by atoms with Crippen molar-refractivity contribution < 1.29 is 13.2 Å². The lowest BCUT2D eigenvalue weighted by Gasteiger charge is -2.27. The van der Waals surface area contributed by atoms with Crippen molar-refractivity contribution in [2.75, 3.05) is 29.5 Å². The molecule has 128 valence electrons. The van der Waals surface area contributed by atoms with Gasteiger partial charge in [-0.05, 0) is 19.8 Å². The first kappa shape index (κ1) is 17.7. The van der Waals surface area contributed by atoms with Crippen molar-refractivity contribution in [2.24, 2.45) is 0 Å². The fourth-order valence-corrected chi connectivity index (χ4v) is 4.46. The summed E-state index contributed by atoms with van der Waals surface area (Å²) in [7, 11) is -2.96. The maximum atomic E-state index is 12.1. The zero-order valence-electron chi connectivity index (χ0n) is 13.7. The van der Waals surface area contributed by atoms with Crippen molar-refractivity contribution >= 4 is 21.6 Å². The SMILES string of the molecule is CCCCNC(=O)c1cc(N(CC)C2CCS(=O)(=O)C2)ncn1. The van der Waals surface area contributed by atoms with Crippen molar-refractivity contribution in [1.82, 2.24) is 15.3 Å². The molecule has 1 atom stereocenters. The van der Waals surface area contributed by atoms with Crippen molar-refractivity contribution in [3.63, 3.8) is 0 Å². The number of carbonyl (C=O) groups is 1. The Balaban J connectivity index is 2.12. The summed E-state index contributed by atoms with van der Waals surface area (Å²) in [5.74, 6) is 0.731. The van der Waals surface area contributed by atoms with E-state index in [-0.39, 0.29) is 23.5 Å². The number of rotatable bonds is 7. The molecule has 7 nitrogen and oxygen atoms in total. The standard InChI is InChI=1S/C15H24N4O3S/c1-3-5-7-16-15(20)13-9-14(18-11-17-13)19(4-2)12-6-8-23(21,22)10-12/h9,11-12H,3-8,10H2,1-2H3,(H,16,20). The van der Waals surface area contributed by atoms with Crippen molar-refractivity contribution in [3.8, 4) is 0 Å². The van der Waals surface area contributed by atoms with Gasteiger partial charge in [0.2, 0.25) is 0 Å². The van der Waals surface area contributed by atoms with Crippen LogP contribution in [-0.4, -0.2) is 54.9 Å². The molecule has 0 bridgehead atoms. The minimum Gasteiger partial charge on any atom is -0.353 e. The monoisotopic (exact) mass is 340 g/mol. The number of hydrogen-bond donors (Lipinski definition) is 1. The Kier molecular flexibility index (Phi) is 5.92. The summed E-state index contributed by atoms with van der Waals surface area (Å²) in [6.07, 6.45) is 3.88. The third-order valence-corrected chi connectivity index (χ3v) is 5.74. The minimum atomic E-state index is -2.96. The van der Waals surface area contributed by atoms with Gasteiger partial charge in [0.1, 0.15) is 17.8 Å². The summed E-state index contributed by atoms with van der Waals surface area (Å²) in [4.78, 5) is 22.3. The molecule has 1 saturated heterocycles. The fourth-order valence-electron chi connectivity index (χ4n) is 2.73. The highest BCUT2D eigenvalue weighted by molar-refractivity contribution is 7.91. The second-order valence-electron chi connectivity index (χ2n) is 5.71. The maximum Gasteiger partial charge on any atom is 0.270 e. The van der Waals surface area contributed by atoms with Gasteiger partial charge in [0.15, 0.2) is 9.84 Å². The van der Waals surface area contributed by atoms with Gasteiger partial charge in [0.05, 0.1) is 11.5 Å². The van der Waals surface area contributed by atoms with Gasteiger partial charge < -0.3 is 10.2 Å². The van der Waals surface area contributed by atoms with Gasteiger partial charge in [-0.1, -0.05) is 13.3 Å². The average Bonchev–Trinajstić information content (AvgIpc) is 2.88. The molecular formula is C15H24N4O3S. The van der Waals surface area contributed by atoms with Gasteiger partial charge in [-0.25, -0.2) is 18.4 Å². The Morgan fingerprint density at radius 1 is 1.39 bits per heavy atom. The summed E-state index contributed by atoms with van der Waals surface area (Å²) in [6, 6.07) is 1.55. The molecular weight excluding hydrogens is 316 g/mol. The van der Waals surface area contributed by atoms with Crippen LogP contribution < -0.4 is 10.2 Å². The van der Waals surface area contributed by atoms with Gasteiger partial charge in [-0.15, -0.1) is 0 Å². The van der Waals surface area contributed by atoms with Crippen LogP contribution in [0.1, 0.15) is 43.6 Å². The van der Waals surface area contributed by atoms with Gasteiger partial charge >= 0.3 is 0 Å². The summed E-state index contributed by atoms with van der Waals surface area (Å²) < 4.78 is 23.4. The Labute approximate surface area is 137 Å². The van der Waals surface area contributed by atoms with Gasteiger partial charge in [-0.3, -0.25) is 4.79 Å². The van der Waals surface area contributed by atoms with Crippen LogP contribution in [0.5, 0.6) is 0 Å². The fraction of sp³-hybridized carbons (Fsp3) is 0.667. The Bertz CT molecular complexity index is 648. The van der Waals surface area contributed by atoms with E-state index in [2.05, 4.69) is 22.2 Å². The van der Waals surface area contributed by atoms with E-state index < -0.39 is 9.84 Å². The largest absolute Gasteiger partial charge is 0.353 e. The van der Waals surface area contributed by atoms with Crippen LogP contribution in [0.3, 0.4) is 0 Å². The molecule has 0 aliphatic carbocycles. The lowest BCUT2D eigenvalue weighted by molar-refractivity contribution is 0.0948. The van der Waals surface area contributed by atoms with E-state index in [0.717, 1.165) is 12.8 Å². The lowest BCUT2D eigenvalue weighted by Crippen LogP contribution is -2.37. The maximum absolute atomic E-state index is 12.1. The van der Waals surface area contributed by atoms with E-state index in [1.807, 2.05) is 11.8 Å². The minimum absolute atomic E-state index is 0.0871. The topological polar surface area (TPSA) is 92.3 Å².